The number of nitrogens with zero attached hydrogens (tertiary/aromatic N) is 4. The van der Waals surface area contributed by atoms with E-state index in [1.807, 2.05) is 52.1 Å². The van der Waals surface area contributed by atoms with Gasteiger partial charge >= 0.3 is 0 Å². The molecule has 0 atom stereocenters. The van der Waals surface area contributed by atoms with Crippen LogP contribution in [0.3, 0.4) is 0 Å². The van der Waals surface area contributed by atoms with Crippen LogP contribution in [0, 0.1) is 6.92 Å². The molecule has 2 heterocycles. The van der Waals surface area contributed by atoms with Gasteiger partial charge in [0.15, 0.2) is 0 Å². The standard InChI is InChI=1S/C16H19N5/c1-14-9-18-20(12-14)8-7-17-10-15-11-19-21(13-15)16-5-3-2-4-6-16/h2-6,9,11-13,17H,7-8,10H2,1H3. The van der Waals surface area contributed by atoms with Crippen molar-refractivity contribution in [3.8, 4) is 5.69 Å². The first kappa shape index (κ1) is 13.6. The molecular formula is C16H19N5. The lowest BCUT2D eigenvalue weighted by molar-refractivity contribution is 0.554. The number of rotatable bonds is 6. The Hall–Kier alpha value is -2.40. The number of aromatic nitrogens is 4. The predicted octanol–water partition coefficient (Wildman–Crippen LogP) is 2.17. The lowest BCUT2D eigenvalue weighted by Crippen LogP contribution is -2.19. The summed E-state index contributed by atoms with van der Waals surface area (Å²) in [5.41, 5.74) is 3.45. The van der Waals surface area contributed by atoms with E-state index in [1.165, 1.54) is 11.1 Å². The molecule has 3 rings (SSSR count). The molecule has 0 unspecified atom stereocenters. The van der Waals surface area contributed by atoms with E-state index in [-0.39, 0.29) is 0 Å². The lowest BCUT2D eigenvalue weighted by atomic mass is 10.3. The van der Waals surface area contributed by atoms with Crippen LogP contribution in [0.15, 0.2) is 55.1 Å². The smallest absolute Gasteiger partial charge is 0.0645 e. The second-order valence-electron chi connectivity index (χ2n) is 5.09. The molecule has 0 radical (unpaired) electrons. The fourth-order valence-corrected chi connectivity index (χ4v) is 2.19. The minimum absolute atomic E-state index is 0.813. The molecule has 0 aliphatic rings. The molecule has 0 fully saturated rings. The average molecular weight is 281 g/mol. The van der Waals surface area contributed by atoms with Crippen LogP contribution in [0.5, 0.6) is 0 Å². The van der Waals surface area contributed by atoms with Crippen molar-refractivity contribution >= 4 is 0 Å². The first-order chi connectivity index (χ1) is 10.3. The second-order valence-corrected chi connectivity index (χ2v) is 5.09. The van der Waals surface area contributed by atoms with E-state index in [9.17, 15) is 0 Å². The van der Waals surface area contributed by atoms with Crippen LogP contribution >= 0.6 is 0 Å². The molecular weight excluding hydrogens is 262 g/mol. The van der Waals surface area contributed by atoms with Gasteiger partial charge in [-0.05, 0) is 24.6 Å². The van der Waals surface area contributed by atoms with E-state index in [0.29, 0.717) is 0 Å². The summed E-state index contributed by atoms with van der Waals surface area (Å²) in [6, 6.07) is 10.1. The number of benzene rings is 1. The molecule has 21 heavy (non-hydrogen) atoms. The van der Waals surface area contributed by atoms with E-state index >= 15 is 0 Å². The van der Waals surface area contributed by atoms with Gasteiger partial charge in [0.25, 0.3) is 0 Å². The molecule has 108 valence electrons. The Morgan fingerprint density at radius 3 is 2.67 bits per heavy atom. The summed E-state index contributed by atoms with van der Waals surface area (Å²) in [5, 5.41) is 12.1. The van der Waals surface area contributed by atoms with E-state index in [2.05, 4.69) is 34.8 Å². The third-order valence-electron chi connectivity index (χ3n) is 3.27. The highest BCUT2D eigenvalue weighted by Crippen LogP contribution is 2.07. The lowest BCUT2D eigenvalue weighted by Gasteiger charge is -2.03. The van der Waals surface area contributed by atoms with Gasteiger partial charge in [0, 0.05) is 31.0 Å². The van der Waals surface area contributed by atoms with Crippen molar-refractivity contribution in [2.75, 3.05) is 6.54 Å². The highest BCUT2D eigenvalue weighted by molar-refractivity contribution is 5.30. The zero-order valence-corrected chi connectivity index (χ0v) is 12.1. The van der Waals surface area contributed by atoms with Crippen molar-refractivity contribution in [3.05, 3.63) is 66.2 Å². The molecule has 5 nitrogen and oxygen atoms in total. The Bertz CT molecular complexity index is 684. The largest absolute Gasteiger partial charge is 0.311 e. The number of nitrogens with one attached hydrogen (secondary N) is 1. The third kappa shape index (κ3) is 3.58. The maximum Gasteiger partial charge on any atom is 0.0645 e. The molecule has 5 heteroatoms. The van der Waals surface area contributed by atoms with Crippen LogP contribution in [0.25, 0.3) is 5.69 Å². The Kier molecular flexibility index (Phi) is 4.12. The van der Waals surface area contributed by atoms with Crippen LogP contribution < -0.4 is 5.32 Å². The van der Waals surface area contributed by atoms with Gasteiger partial charge in [-0.3, -0.25) is 4.68 Å². The van der Waals surface area contributed by atoms with Crippen LogP contribution in [0.2, 0.25) is 0 Å². The van der Waals surface area contributed by atoms with E-state index < -0.39 is 0 Å². The van der Waals surface area contributed by atoms with E-state index in [0.717, 1.165) is 25.3 Å². The molecule has 1 N–H and O–H groups in total. The zero-order chi connectivity index (χ0) is 14.5. The highest BCUT2D eigenvalue weighted by Gasteiger charge is 2.00. The van der Waals surface area contributed by atoms with Crippen molar-refractivity contribution in [2.24, 2.45) is 0 Å². The zero-order valence-electron chi connectivity index (χ0n) is 12.1. The first-order valence-corrected chi connectivity index (χ1v) is 7.10. The van der Waals surface area contributed by atoms with Crippen LogP contribution in [-0.2, 0) is 13.1 Å². The molecule has 2 aromatic heterocycles. The quantitative estimate of drug-likeness (QED) is 0.704. The van der Waals surface area contributed by atoms with Gasteiger partial charge < -0.3 is 5.32 Å². The molecule has 0 bridgehead atoms. The molecule has 1 aromatic carbocycles. The van der Waals surface area contributed by atoms with Gasteiger partial charge in [-0.25, -0.2) is 4.68 Å². The molecule has 0 saturated carbocycles. The summed E-state index contributed by atoms with van der Waals surface area (Å²) in [7, 11) is 0. The van der Waals surface area contributed by atoms with Crippen LogP contribution in [0.1, 0.15) is 11.1 Å². The Balaban J connectivity index is 1.49. The van der Waals surface area contributed by atoms with Crippen molar-refractivity contribution in [3.63, 3.8) is 0 Å². The molecule has 0 aliphatic heterocycles. The second kappa shape index (κ2) is 6.37. The normalized spacial score (nSPS) is 10.9. The van der Waals surface area contributed by atoms with Crippen molar-refractivity contribution in [2.45, 2.75) is 20.0 Å². The monoisotopic (exact) mass is 281 g/mol. The number of hydrogen-bond acceptors (Lipinski definition) is 3. The minimum Gasteiger partial charge on any atom is -0.311 e. The average Bonchev–Trinajstić information content (AvgIpc) is 3.14. The number of aryl methyl sites for hydroxylation is 1. The summed E-state index contributed by atoms with van der Waals surface area (Å²) in [4.78, 5) is 0. The van der Waals surface area contributed by atoms with Crippen molar-refractivity contribution in [1.29, 1.82) is 0 Å². The van der Waals surface area contributed by atoms with Crippen LogP contribution in [0.4, 0.5) is 0 Å². The SMILES string of the molecule is Cc1cnn(CCNCc2cnn(-c3ccccc3)c2)c1. The molecule has 0 spiro atoms. The number of para-hydroxylation sites is 1. The Labute approximate surface area is 124 Å². The Morgan fingerprint density at radius 1 is 1.05 bits per heavy atom. The van der Waals surface area contributed by atoms with Gasteiger partial charge in [-0.2, -0.15) is 10.2 Å². The first-order valence-electron chi connectivity index (χ1n) is 7.10. The summed E-state index contributed by atoms with van der Waals surface area (Å²) < 4.78 is 3.85. The summed E-state index contributed by atoms with van der Waals surface area (Å²) in [5.74, 6) is 0. The fraction of sp³-hybridized carbons (Fsp3) is 0.250. The fourth-order valence-electron chi connectivity index (χ4n) is 2.19. The molecule has 0 saturated heterocycles. The minimum atomic E-state index is 0.813. The van der Waals surface area contributed by atoms with E-state index in [4.69, 9.17) is 0 Å². The van der Waals surface area contributed by atoms with Crippen LogP contribution in [-0.4, -0.2) is 26.1 Å². The van der Waals surface area contributed by atoms with Crippen molar-refractivity contribution in [1.82, 2.24) is 24.9 Å². The summed E-state index contributed by atoms with van der Waals surface area (Å²) >= 11 is 0. The highest BCUT2D eigenvalue weighted by atomic mass is 15.3. The summed E-state index contributed by atoms with van der Waals surface area (Å²) in [6.07, 6.45) is 7.89. The summed E-state index contributed by atoms with van der Waals surface area (Å²) in [6.45, 7) is 4.63. The van der Waals surface area contributed by atoms with Gasteiger partial charge in [0.1, 0.15) is 0 Å². The third-order valence-corrected chi connectivity index (χ3v) is 3.27. The number of hydrogen-bond donors (Lipinski definition) is 1. The van der Waals surface area contributed by atoms with Gasteiger partial charge in [0.05, 0.1) is 24.6 Å². The molecule has 3 aromatic rings. The van der Waals surface area contributed by atoms with Gasteiger partial charge in [-0.15, -0.1) is 0 Å². The van der Waals surface area contributed by atoms with Crippen molar-refractivity contribution < 1.29 is 0 Å². The topological polar surface area (TPSA) is 47.7 Å². The molecule has 0 amide bonds. The Morgan fingerprint density at radius 2 is 1.90 bits per heavy atom. The molecule has 0 aliphatic carbocycles. The van der Waals surface area contributed by atoms with E-state index in [1.54, 1.807) is 0 Å². The maximum absolute atomic E-state index is 4.39. The van der Waals surface area contributed by atoms with Gasteiger partial charge in [0.2, 0.25) is 0 Å². The predicted molar refractivity (Wildman–Crippen MR) is 82.2 cm³/mol. The van der Waals surface area contributed by atoms with Gasteiger partial charge in [-0.1, -0.05) is 18.2 Å². The maximum atomic E-state index is 4.39.